The highest BCUT2D eigenvalue weighted by Gasteiger charge is 2.31. The van der Waals surface area contributed by atoms with Gasteiger partial charge < -0.3 is 5.32 Å². The van der Waals surface area contributed by atoms with Gasteiger partial charge in [-0.2, -0.15) is 0 Å². The lowest BCUT2D eigenvalue weighted by Gasteiger charge is -2.19. The number of hydrogen-bond donors (Lipinski definition) is 1. The Morgan fingerprint density at radius 3 is 2.31 bits per heavy atom. The quantitative estimate of drug-likeness (QED) is 0.749. The second-order valence-electron chi connectivity index (χ2n) is 4.81. The van der Waals surface area contributed by atoms with Crippen molar-refractivity contribution in [2.75, 3.05) is 12.3 Å². The standard InChI is InChI=1S/C12H25NO2S/c1-3-6-11(7-4-2)13-10-12-8-5-9-16(12,14)15/h11-13H,3-10H2,1-2H3. The lowest BCUT2D eigenvalue weighted by Crippen LogP contribution is -2.37. The Labute approximate surface area is 99.9 Å². The molecule has 0 radical (unpaired) electrons. The SMILES string of the molecule is CCCC(CCC)NCC1CCCS1(=O)=O. The molecule has 0 aromatic rings. The summed E-state index contributed by atoms with van der Waals surface area (Å²) >= 11 is 0. The van der Waals surface area contributed by atoms with Crippen LogP contribution in [0, 0.1) is 0 Å². The minimum Gasteiger partial charge on any atom is -0.313 e. The fourth-order valence-electron chi connectivity index (χ4n) is 2.43. The van der Waals surface area contributed by atoms with Crippen molar-refractivity contribution in [1.29, 1.82) is 0 Å². The fourth-order valence-corrected chi connectivity index (χ4v) is 4.21. The highest BCUT2D eigenvalue weighted by Crippen LogP contribution is 2.19. The molecule has 4 heteroatoms. The molecule has 16 heavy (non-hydrogen) atoms. The number of sulfone groups is 1. The minimum absolute atomic E-state index is 0.122. The van der Waals surface area contributed by atoms with Crippen LogP contribution in [-0.2, 0) is 9.84 Å². The maximum Gasteiger partial charge on any atom is 0.154 e. The monoisotopic (exact) mass is 247 g/mol. The van der Waals surface area contributed by atoms with E-state index in [1.54, 1.807) is 0 Å². The number of nitrogens with one attached hydrogen (secondary N) is 1. The predicted octanol–water partition coefficient (Wildman–Crippen LogP) is 2.12. The third-order valence-electron chi connectivity index (χ3n) is 3.37. The summed E-state index contributed by atoms with van der Waals surface area (Å²) < 4.78 is 23.3. The van der Waals surface area contributed by atoms with Crippen LogP contribution in [-0.4, -0.2) is 32.0 Å². The predicted molar refractivity (Wildman–Crippen MR) is 68.4 cm³/mol. The molecule has 1 saturated heterocycles. The first-order chi connectivity index (χ1) is 7.60. The Morgan fingerprint density at radius 2 is 1.88 bits per heavy atom. The first kappa shape index (κ1) is 14.0. The summed E-state index contributed by atoms with van der Waals surface area (Å²) in [6, 6.07) is 0.505. The smallest absolute Gasteiger partial charge is 0.154 e. The third kappa shape index (κ3) is 4.06. The van der Waals surface area contributed by atoms with Crippen LogP contribution in [0.25, 0.3) is 0 Å². The summed E-state index contributed by atoms with van der Waals surface area (Å²) in [7, 11) is -2.78. The van der Waals surface area contributed by atoms with Gasteiger partial charge in [-0.3, -0.25) is 0 Å². The molecular formula is C12H25NO2S. The van der Waals surface area contributed by atoms with Crippen molar-refractivity contribution in [2.45, 2.75) is 63.7 Å². The Bertz CT molecular complexity index is 281. The molecule has 1 fully saturated rings. The van der Waals surface area contributed by atoms with Gasteiger partial charge in [0.15, 0.2) is 9.84 Å². The molecule has 1 unspecified atom stereocenters. The van der Waals surface area contributed by atoms with Crippen molar-refractivity contribution in [3.05, 3.63) is 0 Å². The largest absolute Gasteiger partial charge is 0.313 e. The van der Waals surface area contributed by atoms with Crippen molar-refractivity contribution < 1.29 is 8.42 Å². The van der Waals surface area contributed by atoms with E-state index in [2.05, 4.69) is 19.2 Å². The van der Waals surface area contributed by atoms with Crippen molar-refractivity contribution in [3.8, 4) is 0 Å². The lowest BCUT2D eigenvalue weighted by molar-refractivity contribution is 0.439. The molecule has 1 aliphatic rings. The van der Waals surface area contributed by atoms with Gasteiger partial charge in [0.25, 0.3) is 0 Å². The molecule has 0 spiro atoms. The lowest BCUT2D eigenvalue weighted by atomic mass is 10.1. The van der Waals surface area contributed by atoms with E-state index in [-0.39, 0.29) is 5.25 Å². The molecule has 1 N–H and O–H groups in total. The van der Waals surface area contributed by atoms with Crippen LogP contribution in [0.2, 0.25) is 0 Å². The van der Waals surface area contributed by atoms with Crippen LogP contribution in [0.15, 0.2) is 0 Å². The third-order valence-corrected chi connectivity index (χ3v) is 5.65. The van der Waals surface area contributed by atoms with E-state index >= 15 is 0 Å². The van der Waals surface area contributed by atoms with Crippen LogP contribution < -0.4 is 5.32 Å². The highest BCUT2D eigenvalue weighted by atomic mass is 32.2. The van der Waals surface area contributed by atoms with Gasteiger partial charge in [0.2, 0.25) is 0 Å². The molecule has 0 aromatic heterocycles. The zero-order valence-electron chi connectivity index (χ0n) is 10.5. The number of rotatable bonds is 7. The topological polar surface area (TPSA) is 46.2 Å². The van der Waals surface area contributed by atoms with Crippen LogP contribution >= 0.6 is 0 Å². The average molecular weight is 247 g/mol. The molecule has 1 rings (SSSR count). The van der Waals surface area contributed by atoms with Crippen LogP contribution in [0.5, 0.6) is 0 Å². The van der Waals surface area contributed by atoms with Gasteiger partial charge in [-0.25, -0.2) is 8.42 Å². The van der Waals surface area contributed by atoms with Crippen molar-refractivity contribution in [3.63, 3.8) is 0 Å². The van der Waals surface area contributed by atoms with Crippen molar-refractivity contribution in [2.24, 2.45) is 0 Å². The molecular weight excluding hydrogens is 222 g/mol. The molecule has 1 aliphatic heterocycles. The Balaban J connectivity index is 2.36. The van der Waals surface area contributed by atoms with E-state index in [1.165, 1.54) is 0 Å². The highest BCUT2D eigenvalue weighted by molar-refractivity contribution is 7.92. The fraction of sp³-hybridized carbons (Fsp3) is 1.00. The van der Waals surface area contributed by atoms with Gasteiger partial charge in [0.1, 0.15) is 0 Å². The van der Waals surface area contributed by atoms with Crippen molar-refractivity contribution in [1.82, 2.24) is 5.32 Å². The van der Waals surface area contributed by atoms with E-state index in [4.69, 9.17) is 0 Å². The minimum atomic E-state index is -2.78. The summed E-state index contributed by atoms with van der Waals surface area (Å²) in [4.78, 5) is 0. The van der Waals surface area contributed by atoms with E-state index in [0.717, 1.165) is 38.5 Å². The maximum absolute atomic E-state index is 11.7. The van der Waals surface area contributed by atoms with Gasteiger partial charge in [-0.1, -0.05) is 26.7 Å². The first-order valence-corrected chi connectivity index (χ1v) is 8.26. The molecule has 0 saturated carbocycles. The second kappa shape index (κ2) is 6.60. The first-order valence-electron chi connectivity index (χ1n) is 6.55. The Hall–Kier alpha value is -0.0900. The zero-order valence-corrected chi connectivity index (χ0v) is 11.4. The van der Waals surface area contributed by atoms with E-state index in [1.807, 2.05) is 0 Å². The van der Waals surface area contributed by atoms with E-state index < -0.39 is 9.84 Å². The molecule has 1 atom stereocenters. The Kier molecular flexibility index (Phi) is 5.76. The summed E-state index contributed by atoms with van der Waals surface area (Å²) in [6.07, 6.45) is 6.33. The molecule has 0 aromatic carbocycles. The molecule has 0 bridgehead atoms. The number of hydrogen-bond acceptors (Lipinski definition) is 3. The summed E-state index contributed by atoms with van der Waals surface area (Å²) in [6.45, 7) is 5.01. The summed E-state index contributed by atoms with van der Waals surface area (Å²) in [5.74, 6) is 0.394. The molecule has 3 nitrogen and oxygen atoms in total. The van der Waals surface area contributed by atoms with Crippen LogP contribution in [0.1, 0.15) is 52.4 Å². The van der Waals surface area contributed by atoms with E-state index in [9.17, 15) is 8.42 Å². The van der Waals surface area contributed by atoms with Crippen LogP contribution in [0.3, 0.4) is 0 Å². The average Bonchev–Trinajstić information content (AvgIpc) is 2.55. The van der Waals surface area contributed by atoms with Crippen molar-refractivity contribution >= 4 is 9.84 Å². The molecule has 96 valence electrons. The van der Waals surface area contributed by atoms with Gasteiger partial charge in [-0.15, -0.1) is 0 Å². The molecule has 0 amide bonds. The van der Waals surface area contributed by atoms with Gasteiger partial charge in [0.05, 0.1) is 11.0 Å². The Morgan fingerprint density at radius 1 is 1.25 bits per heavy atom. The van der Waals surface area contributed by atoms with Gasteiger partial charge >= 0.3 is 0 Å². The van der Waals surface area contributed by atoms with Gasteiger partial charge in [0, 0.05) is 12.6 Å². The maximum atomic E-state index is 11.7. The summed E-state index contributed by atoms with van der Waals surface area (Å²) in [5, 5.41) is 3.32. The van der Waals surface area contributed by atoms with Gasteiger partial charge in [-0.05, 0) is 25.7 Å². The molecule has 0 aliphatic carbocycles. The second-order valence-corrected chi connectivity index (χ2v) is 7.21. The zero-order chi connectivity index (χ0) is 12.0. The normalized spacial score (nSPS) is 24.1. The molecule has 1 heterocycles. The van der Waals surface area contributed by atoms with Crippen LogP contribution in [0.4, 0.5) is 0 Å². The van der Waals surface area contributed by atoms with E-state index in [0.29, 0.717) is 18.3 Å². The summed E-state index contributed by atoms with van der Waals surface area (Å²) in [5.41, 5.74) is 0.